The molecule has 0 saturated heterocycles. The minimum absolute atomic E-state index is 0.0672. The first-order chi connectivity index (χ1) is 13.7. The van der Waals surface area contributed by atoms with Crippen molar-refractivity contribution in [1.29, 1.82) is 0 Å². The molecule has 1 N–H and O–H groups in total. The molecule has 0 atom stereocenters. The zero-order valence-electron chi connectivity index (χ0n) is 16.1. The fourth-order valence-electron chi connectivity index (χ4n) is 2.58. The molecule has 0 bridgehead atoms. The van der Waals surface area contributed by atoms with E-state index in [-0.39, 0.29) is 5.91 Å². The number of ether oxygens (including phenoxy) is 1. The molecule has 1 heterocycles. The molecule has 0 fully saturated rings. The number of nitrogens with zero attached hydrogens (tertiary/aromatic N) is 3. The molecule has 28 heavy (non-hydrogen) atoms. The lowest BCUT2D eigenvalue weighted by atomic mass is 10.2. The Morgan fingerprint density at radius 1 is 1.00 bits per heavy atom. The summed E-state index contributed by atoms with van der Waals surface area (Å²) in [4.78, 5) is 22.5. The molecule has 144 valence electrons. The van der Waals surface area contributed by atoms with Gasteiger partial charge in [-0.2, -0.15) is 0 Å². The Morgan fingerprint density at radius 3 is 2.29 bits per heavy atom. The second kappa shape index (κ2) is 9.50. The highest BCUT2D eigenvalue weighted by molar-refractivity contribution is 5.93. The summed E-state index contributed by atoms with van der Waals surface area (Å²) in [7, 11) is 1.79. The topological polar surface area (TPSA) is 67.4 Å². The minimum Gasteiger partial charge on any atom is -0.457 e. The number of benzene rings is 2. The highest BCUT2D eigenvalue weighted by Gasteiger charge is 2.12. The van der Waals surface area contributed by atoms with Crippen LogP contribution in [0.4, 0.5) is 11.6 Å². The highest BCUT2D eigenvalue weighted by atomic mass is 16.5. The maximum Gasteiger partial charge on any atom is 0.256 e. The molecule has 0 aliphatic rings. The molecule has 6 nitrogen and oxygen atoms in total. The molecular weight excluding hydrogens is 352 g/mol. The van der Waals surface area contributed by atoms with Gasteiger partial charge in [-0.15, -0.1) is 0 Å². The molecule has 0 spiro atoms. The predicted octanol–water partition coefficient (Wildman–Crippen LogP) is 4.88. The number of aromatic nitrogens is 2. The van der Waals surface area contributed by atoms with E-state index in [9.17, 15) is 4.79 Å². The Balaban J connectivity index is 1.58. The average Bonchev–Trinajstić information content (AvgIpc) is 2.74. The molecule has 0 aliphatic carbocycles. The van der Waals surface area contributed by atoms with E-state index in [4.69, 9.17) is 4.74 Å². The Labute approximate surface area is 165 Å². The van der Waals surface area contributed by atoms with Crippen LogP contribution in [0.1, 0.15) is 30.1 Å². The number of nitrogens with one attached hydrogen (secondary N) is 1. The summed E-state index contributed by atoms with van der Waals surface area (Å²) in [5.74, 6) is 1.90. The minimum atomic E-state index is -0.0672. The third-order valence-electron chi connectivity index (χ3n) is 4.18. The molecule has 6 heteroatoms. The lowest BCUT2D eigenvalue weighted by Crippen LogP contribution is -2.27. The van der Waals surface area contributed by atoms with Gasteiger partial charge in [0.15, 0.2) is 0 Å². The second-order valence-corrected chi connectivity index (χ2v) is 6.44. The largest absolute Gasteiger partial charge is 0.457 e. The van der Waals surface area contributed by atoms with Crippen LogP contribution in [0.2, 0.25) is 0 Å². The fourth-order valence-corrected chi connectivity index (χ4v) is 2.58. The van der Waals surface area contributed by atoms with Gasteiger partial charge in [0.05, 0.1) is 5.56 Å². The van der Waals surface area contributed by atoms with Crippen LogP contribution in [-0.4, -0.2) is 34.4 Å². The summed E-state index contributed by atoms with van der Waals surface area (Å²) < 4.78 is 5.77. The Morgan fingerprint density at radius 2 is 1.64 bits per heavy atom. The highest BCUT2D eigenvalue weighted by Crippen LogP contribution is 2.23. The molecule has 3 aromatic rings. The number of carbonyl (C=O) groups excluding carboxylic acids is 1. The van der Waals surface area contributed by atoms with Gasteiger partial charge in [0.2, 0.25) is 5.95 Å². The summed E-state index contributed by atoms with van der Waals surface area (Å²) in [5.41, 5.74) is 1.32. The zero-order chi connectivity index (χ0) is 19.8. The van der Waals surface area contributed by atoms with Crippen molar-refractivity contribution >= 4 is 17.5 Å². The summed E-state index contributed by atoms with van der Waals surface area (Å²) in [6.07, 6.45) is 5.12. The van der Waals surface area contributed by atoms with E-state index in [0.717, 1.165) is 36.6 Å². The number of carbonyl (C=O) groups is 1. The van der Waals surface area contributed by atoms with Gasteiger partial charge in [0.25, 0.3) is 5.91 Å². The van der Waals surface area contributed by atoms with Crippen LogP contribution in [0, 0.1) is 0 Å². The van der Waals surface area contributed by atoms with Crippen LogP contribution in [0.3, 0.4) is 0 Å². The molecule has 0 unspecified atom stereocenters. The first-order valence-electron chi connectivity index (χ1n) is 9.33. The van der Waals surface area contributed by atoms with E-state index in [1.807, 2.05) is 54.6 Å². The third-order valence-corrected chi connectivity index (χ3v) is 4.18. The third kappa shape index (κ3) is 5.30. The lowest BCUT2D eigenvalue weighted by Gasteiger charge is -2.16. The zero-order valence-corrected chi connectivity index (χ0v) is 16.1. The van der Waals surface area contributed by atoms with Gasteiger partial charge >= 0.3 is 0 Å². The predicted molar refractivity (Wildman–Crippen MR) is 110 cm³/mol. The van der Waals surface area contributed by atoms with Gasteiger partial charge < -0.3 is 15.0 Å². The Hall–Kier alpha value is -3.41. The molecule has 2 aromatic carbocycles. The van der Waals surface area contributed by atoms with Crippen molar-refractivity contribution in [3.05, 3.63) is 72.6 Å². The maximum atomic E-state index is 12.3. The standard InChI is InChI=1S/C22H24N4O2/c1-3-4-14-26(2)21(27)17-15-23-22(24-16-17)25-18-10-12-20(13-11-18)28-19-8-6-5-7-9-19/h5-13,15-16H,3-4,14H2,1-2H3,(H,23,24,25). The number of para-hydroxylation sites is 1. The summed E-state index contributed by atoms with van der Waals surface area (Å²) in [5, 5.41) is 3.12. The van der Waals surface area contributed by atoms with Gasteiger partial charge in [-0.3, -0.25) is 4.79 Å². The first-order valence-corrected chi connectivity index (χ1v) is 9.33. The van der Waals surface area contributed by atoms with Crippen molar-refractivity contribution in [2.24, 2.45) is 0 Å². The maximum absolute atomic E-state index is 12.3. The SMILES string of the molecule is CCCCN(C)C(=O)c1cnc(Nc2ccc(Oc3ccccc3)cc2)nc1. The first kappa shape index (κ1) is 19.4. The van der Waals surface area contributed by atoms with Crippen LogP contribution < -0.4 is 10.1 Å². The smallest absolute Gasteiger partial charge is 0.256 e. The normalized spacial score (nSPS) is 10.4. The van der Waals surface area contributed by atoms with Gasteiger partial charge in [-0.25, -0.2) is 9.97 Å². The van der Waals surface area contributed by atoms with Crippen molar-refractivity contribution in [2.75, 3.05) is 18.9 Å². The van der Waals surface area contributed by atoms with Gasteiger partial charge in [-0.1, -0.05) is 31.5 Å². The monoisotopic (exact) mass is 376 g/mol. The summed E-state index contributed by atoms with van der Waals surface area (Å²) in [6, 6.07) is 17.1. The van der Waals surface area contributed by atoms with Crippen LogP contribution in [-0.2, 0) is 0 Å². The number of rotatable bonds is 8. The van der Waals surface area contributed by atoms with E-state index < -0.39 is 0 Å². The number of unbranched alkanes of at least 4 members (excludes halogenated alkanes) is 1. The molecule has 3 rings (SSSR count). The molecule has 0 radical (unpaired) electrons. The number of amides is 1. The van der Waals surface area contributed by atoms with Gasteiger partial charge in [0.1, 0.15) is 11.5 Å². The number of hydrogen-bond acceptors (Lipinski definition) is 5. The van der Waals surface area contributed by atoms with E-state index in [1.54, 1.807) is 24.3 Å². The van der Waals surface area contributed by atoms with Crippen molar-refractivity contribution < 1.29 is 9.53 Å². The van der Waals surface area contributed by atoms with Crippen LogP contribution >= 0.6 is 0 Å². The molecule has 1 aromatic heterocycles. The summed E-state index contributed by atoms with van der Waals surface area (Å²) >= 11 is 0. The van der Waals surface area contributed by atoms with Crippen LogP contribution in [0.15, 0.2) is 67.0 Å². The van der Waals surface area contributed by atoms with Crippen molar-refractivity contribution in [2.45, 2.75) is 19.8 Å². The molecule has 1 amide bonds. The number of anilines is 2. The van der Waals surface area contributed by atoms with Crippen LogP contribution in [0.5, 0.6) is 11.5 Å². The molecule has 0 aliphatic heterocycles. The average molecular weight is 376 g/mol. The molecular formula is C22H24N4O2. The van der Waals surface area contributed by atoms with E-state index in [0.29, 0.717) is 11.5 Å². The lowest BCUT2D eigenvalue weighted by molar-refractivity contribution is 0.0792. The van der Waals surface area contributed by atoms with E-state index in [1.165, 1.54) is 0 Å². The van der Waals surface area contributed by atoms with E-state index in [2.05, 4.69) is 22.2 Å². The van der Waals surface area contributed by atoms with Crippen LogP contribution in [0.25, 0.3) is 0 Å². The molecule has 0 saturated carbocycles. The fraction of sp³-hybridized carbons (Fsp3) is 0.227. The van der Waals surface area contributed by atoms with Crippen molar-refractivity contribution in [3.63, 3.8) is 0 Å². The van der Waals surface area contributed by atoms with Gasteiger partial charge in [0, 0.05) is 31.7 Å². The van der Waals surface area contributed by atoms with Gasteiger partial charge in [-0.05, 0) is 42.8 Å². The Bertz CT molecular complexity index is 881. The van der Waals surface area contributed by atoms with Crippen molar-refractivity contribution in [1.82, 2.24) is 14.9 Å². The van der Waals surface area contributed by atoms with E-state index >= 15 is 0 Å². The second-order valence-electron chi connectivity index (χ2n) is 6.44. The van der Waals surface area contributed by atoms with Crippen molar-refractivity contribution in [3.8, 4) is 11.5 Å². The summed E-state index contributed by atoms with van der Waals surface area (Å²) in [6.45, 7) is 2.83. The Kier molecular flexibility index (Phi) is 6.57. The number of hydrogen-bond donors (Lipinski definition) is 1. The quantitative estimate of drug-likeness (QED) is 0.606.